The molecule has 5 nitrogen and oxygen atoms in total. The normalized spacial score (nSPS) is 15.2. The molecule has 2 N–H and O–H groups in total. The first kappa shape index (κ1) is 11.0. The highest BCUT2D eigenvalue weighted by molar-refractivity contribution is 5.47. The van der Waals surface area contributed by atoms with Crippen LogP contribution in [0.1, 0.15) is 18.5 Å². The molecule has 18 heavy (non-hydrogen) atoms. The number of nitrogens with one attached hydrogen (secondary N) is 2. The number of hydrogen-bond donors (Lipinski definition) is 2. The molecule has 1 unspecified atom stereocenters. The minimum Gasteiger partial charge on any atom is -0.486 e. The van der Waals surface area contributed by atoms with Gasteiger partial charge in [0.2, 0.25) is 0 Å². The molecule has 0 spiro atoms. The van der Waals surface area contributed by atoms with Crippen LogP contribution >= 0.6 is 0 Å². The van der Waals surface area contributed by atoms with Gasteiger partial charge in [0.25, 0.3) is 0 Å². The van der Waals surface area contributed by atoms with Crippen molar-refractivity contribution in [2.75, 3.05) is 18.5 Å². The molecule has 0 saturated carbocycles. The van der Waals surface area contributed by atoms with E-state index >= 15 is 0 Å². The van der Waals surface area contributed by atoms with E-state index in [9.17, 15) is 0 Å². The van der Waals surface area contributed by atoms with Crippen molar-refractivity contribution in [3.63, 3.8) is 0 Å². The van der Waals surface area contributed by atoms with E-state index in [1.54, 1.807) is 6.20 Å². The number of hydrogen-bond acceptors (Lipinski definition) is 4. The lowest BCUT2D eigenvalue weighted by molar-refractivity contribution is 0.171. The summed E-state index contributed by atoms with van der Waals surface area (Å²) in [6.07, 6.45) is 3.59. The Balaban J connectivity index is 1.79. The predicted molar refractivity (Wildman–Crippen MR) is 68.1 cm³/mol. The third kappa shape index (κ3) is 2.11. The van der Waals surface area contributed by atoms with Crippen LogP contribution in [0.25, 0.3) is 0 Å². The van der Waals surface area contributed by atoms with E-state index in [1.165, 1.54) is 0 Å². The predicted octanol–water partition coefficient (Wildman–Crippen LogP) is 2.35. The van der Waals surface area contributed by atoms with Crippen LogP contribution in [0, 0.1) is 0 Å². The molecule has 0 fully saturated rings. The molecule has 1 aliphatic rings. The third-order valence-corrected chi connectivity index (χ3v) is 2.95. The zero-order valence-corrected chi connectivity index (χ0v) is 10.1. The van der Waals surface area contributed by atoms with Gasteiger partial charge in [0.05, 0.1) is 11.9 Å². The SMILES string of the molecule is CC(Nc1cn[nH]c1)c1ccc2c(c1)OCCO2. The van der Waals surface area contributed by atoms with Crippen LogP contribution in [0.2, 0.25) is 0 Å². The van der Waals surface area contributed by atoms with E-state index in [0.29, 0.717) is 13.2 Å². The third-order valence-electron chi connectivity index (χ3n) is 2.95. The number of ether oxygens (including phenoxy) is 2. The van der Waals surface area contributed by atoms with E-state index in [4.69, 9.17) is 9.47 Å². The minimum absolute atomic E-state index is 0.179. The van der Waals surface area contributed by atoms with Gasteiger partial charge in [-0.25, -0.2) is 0 Å². The Morgan fingerprint density at radius 3 is 2.89 bits per heavy atom. The highest BCUT2D eigenvalue weighted by atomic mass is 16.6. The van der Waals surface area contributed by atoms with Crippen LogP contribution in [-0.4, -0.2) is 23.4 Å². The lowest BCUT2D eigenvalue weighted by atomic mass is 10.1. The first-order chi connectivity index (χ1) is 8.83. The number of nitrogens with zero attached hydrogens (tertiary/aromatic N) is 1. The highest BCUT2D eigenvalue weighted by Gasteiger charge is 2.14. The lowest BCUT2D eigenvalue weighted by Crippen LogP contribution is -2.16. The fraction of sp³-hybridized carbons (Fsp3) is 0.308. The number of H-pyrrole nitrogens is 1. The summed E-state index contributed by atoms with van der Waals surface area (Å²) in [7, 11) is 0. The fourth-order valence-electron chi connectivity index (χ4n) is 1.99. The van der Waals surface area contributed by atoms with Gasteiger partial charge in [-0.15, -0.1) is 0 Å². The topological polar surface area (TPSA) is 59.2 Å². The molecular weight excluding hydrogens is 230 g/mol. The van der Waals surface area contributed by atoms with Crippen molar-refractivity contribution in [3.05, 3.63) is 36.2 Å². The zero-order valence-electron chi connectivity index (χ0n) is 10.1. The van der Waals surface area contributed by atoms with Crippen molar-refractivity contribution < 1.29 is 9.47 Å². The lowest BCUT2D eigenvalue weighted by Gasteiger charge is -2.21. The van der Waals surface area contributed by atoms with Crippen molar-refractivity contribution in [2.24, 2.45) is 0 Å². The minimum atomic E-state index is 0.179. The Bertz CT molecular complexity index is 525. The van der Waals surface area contributed by atoms with Crippen molar-refractivity contribution >= 4 is 5.69 Å². The largest absolute Gasteiger partial charge is 0.486 e. The summed E-state index contributed by atoms with van der Waals surface area (Å²) in [5, 5.41) is 10.0. The number of aromatic amines is 1. The standard InChI is InChI=1S/C13H15N3O2/c1-9(16-11-7-14-15-8-11)10-2-3-12-13(6-10)18-5-4-17-12/h2-3,6-9,16H,4-5H2,1H3,(H,14,15). The molecule has 3 rings (SSSR count). The molecule has 2 aromatic rings. The van der Waals surface area contributed by atoms with E-state index < -0.39 is 0 Å². The van der Waals surface area contributed by atoms with Crippen LogP contribution in [0.15, 0.2) is 30.6 Å². The fourth-order valence-corrected chi connectivity index (χ4v) is 1.99. The zero-order chi connectivity index (χ0) is 12.4. The van der Waals surface area contributed by atoms with Crippen LogP contribution in [-0.2, 0) is 0 Å². The van der Waals surface area contributed by atoms with Crippen LogP contribution in [0.4, 0.5) is 5.69 Å². The van der Waals surface area contributed by atoms with Gasteiger partial charge < -0.3 is 14.8 Å². The average molecular weight is 245 g/mol. The number of anilines is 1. The quantitative estimate of drug-likeness (QED) is 0.871. The molecule has 0 amide bonds. The Kier molecular flexibility index (Phi) is 2.80. The van der Waals surface area contributed by atoms with Gasteiger partial charge in [-0.3, -0.25) is 5.10 Å². The molecule has 5 heteroatoms. The first-order valence-corrected chi connectivity index (χ1v) is 5.98. The Labute approximate surface area is 105 Å². The van der Waals surface area contributed by atoms with Crippen molar-refractivity contribution in [3.8, 4) is 11.5 Å². The summed E-state index contributed by atoms with van der Waals surface area (Å²) >= 11 is 0. The van der Waals surface area contributed by atoms with E-state index in [1.807, 2.05) is 24.4 Å². The van der Waals surface area contributed by atoms with Gasteiger partial charge in [-0.2, -0.15) is 5.10 Å². The molecule has 0 radical (unpaired) electrons. The second-order valence-electron chi connectivity index (χ2n) is 4.26. The van der Waals surface area contributed by atoms with E-state index in [-0.39, 0.29) is 6.04 Å². The Morgan fingerprint density at radius 2 is 2.11 bits per heavy atom. The van der Waals surface area contributed by atoms with E-state index in [2.05, 4.69) is 22.4 Å². The molecule has 0 aliphatic carbocycles. The summed E-state index contributed by atoms with van der Waals surface area (Å²) < 4.78 is 11.1. The van der Waals surface area contributed by atoms with Crippen molar-refractivity contribution in [1.29, 1.82) is 0 Å². The highest BCUT2D eigenvalue weighted by Crippen LogP contribution is 2.33. The van der Waals surface area contributed by atoms with Crippen molar-refractivity contribution in [2.45, 2.75) is 13.0 Å². The molecular formula is C13H15N3O2. The molecule has 1 atom stereocenters. The molecule has 1 aliphatic heterocycles. The molecule has 94 valence electrons. The van der Waals surface area contributed by atoms with Crippen LogP contribution in [0.5, 0.6) is 11.5 Å². The summed E-state index contributed by atoms with van der Waals surface area (Å²) in [4.78, 5) is 0. The van der Waals surface area contributed by atoms with Gasteiger partial charge in [0, 0.05) is 12.2 Å². The maximum atomic E-state index is 5.58. The number of benzene rings is 1. The summed E-state index contributed by atoms with van der Waals surface area (Å²) in [6.45, 7) is 3.33. The van der Waals surface area contributed by atoms with Crippen molar-refractivity contribution in [1.82, 2.24) is 10.2 Å². The van der Waals surface area contributed by atoms with E-state index in [0.717, 1.165) is 22.7 Å². The number of fused-ring (bicyclic) bond motifs is 1. The Morgan fingerprint density at radius 1 is 1.28 bits per heavy atom. The summed E-state index contributed by atoms with van der Waals surface area (Å²) in [5.74, 6) is 1.64. The molecule has 0 bridgehead atoms. The Hall–Kier alpha value is -2.17. The maximum Gasteiger partial charge on any atom is 0.161 e. The van der Waals surface area contributed by atoms with Crippen LogP contribution < -0.4 is 14.8 Å². The smallest absolute Gasteiger partial charge is 0.161 e. The van der Waals surface area contributed by atoms with Gasteiger partial charge in [0.15, 0.2) is 11.5 Å². The summed E-state index contributed by atoms with van der Waals surface area (Å²) in [6, 6.07) is 6.20. The number of rotatable bonds is 3. The summed E-state index contributed by atoms with van der Waals surface area (Å²) in [5.41, 5.74) is 2.12. The van der Waals surface area contributed by atoms with Crippen LogP contribution in [0.3, 0.4) is 0 Å². The monoisotopic (exact) mass is 245 g/mol. The number of aromatic nitrogens is 2. The molecule has 1 aromatic carbocycles. The second-order valence-corrected chi connectivity index (χ2v) is 4.26. The first-order valence-electron chi connectivity index (χ1n) is 5.98. The second kappa shape index (κ2) is 4.60. The maximum absolute atomic E-state index is 5.58. The van der Waals surface area contributed by atoms with Gasteiger partial charge in [-0.1, -0.05) is 6.07 Å². The molecule has 0 saturated heterocycles. The average Bonchev–Trinajstić information content (AvgIpc) is 2.91. The van der Waals surface area contributed by atoms with Gasteiger partial charge >= 0.3 is 0 Å². The molecule has 2 heterocycles. The molecule has 1 aromatic heterocycles. The van der Waals surface area contributed by atoms with Gasteiger partial charge in [-0.05, 0) is 24.6 Å². The van der Waals surface area contributed by atoms with Gasteiger partial charge in [0.1, 0.15) is 13.2 Å².